The van der Waals surface area contributed by atoms with Gasteiger partial charge in [-0.05, 0) is 6.92 Å². The Balaban J connectivity index is 0. The lowest BCUT2D eigenvalue weighted by atomic mass is 10.4. The normalized spacial score (nSPS) is 9.96. The first-order valence-electron chi connectivity index (χ1n) is 6.35. The Bertz CT molecular complexity index is 393. The van der Waals surface area contributed by atoms with Gasteiger partial charge < -0.3 is 49.5 Å². The van der Waals surface area contributed by atoms with Gasteiger partial charge in [0, 0.05) is 45.2 Å². The molecule has 0 heterocycles. The largest absolute Gasteiger partial charge is 0.550 e. The zero-order valence-electron chi connectivity index (χ0n) is 12.7. The van der Waals surface area contributed by atoms with Crippen LogP contribution in [0.2, 0.25) is 0 Å². The summed E-state index contributed by atoms with van der Waals surface area (Å²) in [5, 5.41) is 50.5. The fourth-order valence-electron chi connectivity index (χ4n) is 1.44. The van der Waals surface area contributed by atoms with Gasteiger partial charge in [-0.15, -0.1) is 0 Å². The topological polar surface area (TPSA) is 207 Å². The van der Waals surface area contributed by atoms with Gasteiger partial charge in [-0.3, -0.25) is 9.80 Å². The third-order valence-corrected chi connectivity index (χ3v) is 2.14. The van der Waals surface area contributed by atoms with Crippen molar-refractivity contribution in [1.82, 2.24) is 9.80 Å². The molecule has 0 radical (unpaired) electrons. The molecule has 0 unspecified atom stereocenters. The summed E-state index contributed by atoms with van der Waals surface area (Å²) in [7, 11) is 0. The second-order valence-corrected chi connectivity index (χ2v) is 4.40. The van der Waals surface area contributed by atoms with Gasteiger partial charge in [-0.2, -0.15) is 0 Å². The molecular formula is C12H15N2O10-5. The highest BCUT2D eigenvalue weighted by molar-refractivity contribution is 5.71. The highest BCUT2D eigenvalue weighted by Gasteiger charge is 2.10. The quantitative estimate of drug-likeness (QED) is 0.341. The summed E-state index contributed by atoms with van der Waals surface area (Å²) in [6.45, 7) is -2.28. The van der Waals surface area contributed by atoms with E-state index in [0.29, 0.717) is 0 Å². The molecule has 0 aliphatic carbocycles. The zero-order chi connectivity index (χ0) is 19.3. The maximum atomic E-state index is 10.4. The lowest BCUT2D eigenvalue weighted by Crippen LogP contribution is -2.50. The van der Waals surface area contributed by atoms with Crippen molar-refractivity contribution in [3.63, 3.8) is 0 Å². The third-order valence-electron chi connectivity index (χ3n) is 2.14. The fourth-order valence-corrected chi connectivity index (χ4v) is 1.44. The van der Waals surface area contributed by atoms with Crippen LogP contribution in [-0.2, 0) is 24.0 Å². The molecule has 0 bridgehead atoms. The number of carbonyl (C=O) groups is 5. The third kappa shape index (κ3) is 19.3. The molecule has 24 heavy (non-hydrogen) atoms. The lowest BCUT2D eigenvalue weighted by Gasteiger charge is -2.28. The van der Waals surface area contributed by atoms with Gasteiger partial charge in [0.05, 0.1) is 23.9 Å². The van der Waals surface area contributed by atoms with Crippen LogP contribution in [0, 0.1) is 0 Å². The standard InChI is InChI=1S/C10H16N2O8.C2H4O2/c13-7(14)3-11(4-8(15)16)1-2-12(5-9(17)18)6-10(19)20;1-2(3)4/h1-6H2,(H,13,14)(H,15,16)(H,17,18)(H,19,20);1H3,(H,3,4)/p-5. The van der Waals surface area contributed by atoms with Crippen molar-refractivity contribution in [3.8, 4) is 0 Å². The molecule has 12 heteroatoms. The van der Waals surface area contributed by atoms with Crippen LogP contribution < -0.4 is 25.5 Å². The van der Waals surface area contributed by atoms with Crippen LogP contribution in [0.3, 0.4) is 0 Å². The van der Waals surface area contributed by atoms with E-state index in [1.54, 1.807) is 0 Å². The van der Waals surface area contributed by atoms with Gasteiger partial charge in [0.25, 0.3) is 0 Å². The summed E-state index contributed by atoms with van der Waals surface area (Å²) >= 11 is 0. The minimum absolute atomic E-state index is 0.206. The van der Waals surface area contributed by atoms with E-state index in [1.807, 2.05) is 0 Å². The van der Waals surface area contributed by atoms with E-state index in [9.17, 15) is 39.6 Å². The zero-order valence-corrected chi connectivity index (χ0v) is 12.7. The summed E-state index contributed by atoms with van der Waals surface area (Å²) in [6, 6.07) is 0. The lowest BCUT2D eigenvalue weighted by molar-refractivity contribution is -0.314. The number of carboxylic acid groups (broad SMARTS) is 5. The van der Waals surface area contributed by atoms with Gasteiger partial charge in [-0.1, -0.05) is 0 Å². The first-order chi connectivity index (χ1) is 10.9. The van der Waals surface area contributed by atoms with E-state index in [4.69, 9.17) is 9.90 Å². The molecule has 0 aromatic rings. The van der Waals surface area contributed by atoms with Crippen molar-refractivity contribution in [3.05, 3.63) is 0 Å². The number of nitrogens with zero attached hydrogens (tertiary/aromatic N) is 2. The summed E-state index contributed by atoms with van der Waals surface area (Å²) in [5.74, 6) is -7.20. The van der Waals surface area contributed by atoms with Gasteiger partial charge in [0.15, 0.2) is 0 Å². The average molecular weight is 347 g/mol. The Morgan fingerprint density at radius 2 is 0.750 bits per heavy atom. The highest BCUT2D eigenvalue weighted by Crippen LogP contribution is 1.92. The second-order valence-electron chi connectivity index (χ2n) is 4.40. The van der Waals surface area contributed by atoms with Crippen LogP contribution in [0.15, 0.2) is 0 Å². The van der Waals surface area contributed by atoms with Crippen molar-refractivity contribution < 1.29 is 49.5 Å². The first-order valence-corrected chi connectivity index (χ1v) is 6.35. The van der Waals surface area contributed by atoms with E-state index in [0.717, 1.165) is 16.7 Å². The highest BCUT2D eigenvalue weighted by atomic mass is 16.4. The van der Waals surface area contributed by atoms with Crippen molar-refractivity contribution >= 4 is 29.8 Å². The molecule has 138 valence electrons. The molecule has 0 amide bonds. The molecule has 0 aromatic heterocycles. The van der Waals surface area contributed by atoms with Crippen LogP contribution in [-0.4, -0.2) is 78.9 Å². The smallest absolute Gasteiger partial charge is 0.0555 e. The van der Waals surface area contributed by atoms with Crippen LogP contribution in [0.1, 0.15) is 6.92 Å². The fraction of sp³-hybridized carbons (Fsp3) is 0.583. The van der Waals surface area contributed by atoms with Crippen LogP contribution >= 0.6 is 0 Å². The van der Waals surface area contributed by atoms with Gasteiger partial charge in [0.1, 0.15) is 0 Å². The summed E-state index contributed by atoms with van der Waals surface area (Å²) in [4.78, 5) is 52.3. The van der Waals surface area contributed by atoms with Crippen molar-refractivity contribution in [1.29, 1.82) is 0 Å². The van der Waals surface area contributed by atoms with Crippen molar-refractivity contribution in [2.75, 3.05) is 39.3 Å². The number of rotatable bonds is 11. The van der Waals surface area contributed by atoms with E-state index >= 15 is 0 Å². The Hall–Kier alpha value is -2.73. The van der Waals surface area contributed by atoms with Crippen LogP contribution in [0.25, 0.3) is 0 Å². The van der Waals surface area contributed by atoms with Crippen molar-refractivity contribution in [2.45, 2.75) is 6.92 Å². The minimum Gasteiger partial charge on any atom is -0.550 e. The van der Waals surface area contributed by atoms with E-state index in [1.165, 1.54) is 0 Å². The maximum Gasteiger partial charge on any atom is 0.0555 e. The molecule has 12 nitrogen and oxygen atoms in total. The van der Waals surface area contributed by atoms with Gasteiger partial charge in [0.2, 0.25) is 0 Å². The molecular weight excluding hydrogens is 332 g/mol. The molecule has 0 aromatic carbocycles. The number of aliphatic carboxylic acids is 5. The summed E-state index contributed by atoms with van der Waals surface area (Å²) in [5.41, 5.74) is 0. The Kier molecular flexibility index (Phi) is 12.5. The minimum atomic E-state index is -1.53. The average Bonchev–Trinajstić information content (AvgIpc) is 2.32. The Morgan fingerprint density at radius 3 is 0.875 bits per heavy atom. The van der Waals surface area contributed by atoms with Gasteiger partial charge in [-0.25, -0.2) is 0 Å². The van der Waals surface area contributed by atoms with E-state index in [2.05, 4.69) is 0 Å². The predicted octanol–water partition coefficient (Wildman–Crippen LogP) is -8.65. The second kappa shape index (κ2) is 12.8. The van der Waals surface area contributed by atoms with E-state index in [-0.39, 0.29) is 13.1 Å². The van der Waals surface area contributed by atoms with Crippen molar-refractivity contribution in [2.24, 2.45) is 0 Å². The maximum absolute atomic E-state index is 10.4. The number of carboxylic acids is 5. The van der Waals surface area contributed by atoms with Crippen LogP contribution in [0.4, 0.5) is 0 Å². The summed E-state index contributed by atoms with van der Waals surface area (Å²) < 4.78 is 0. The molecule has 0 N–H and O–H groups in total. The molecule has 0 aliphatic heterocycles. The number of hydrogen-bond acceptors (Lipinski definition) is 12. The molecule has 0 saturated carbocycles. The predicted molar refractivity (Wildman–Crippen MR) is 63.6 cm³/mol. The van der Waals surface area contributed by atoms with Crippen LogP contribution in [0.5, 0.6) is 0 Å². The van der Waals surface area contributed by atoms with E-state index < -0.39 is 56.0 Å². The monoisotopic (exact) mass is 347 g/mol. The Labute approximate surface area is 136 Å². The van der Waals surface area contributed by atoms with Gasteiger partial charge >= 0.3 is 0 Å². The molecule has 0 spiro atoms. The molecule has 0 saturated heterocycles. The number of carbonyl (C=O) groups excluding carboxylic acids is 5. The molecule has 0 rings (SSSR count). The number of hydrogen-bond donors (Lipinski definition) is 0. The Morgan fingerprint density at radius 1 is 0.583 bits per heavy atom. The SMILES string of the molecule is CC(=O)[O-].O=C([O-])CN(CCN(CC(=O)[O-])CC(=O)[O-])CC(=O)[O-]. The first kappa shape index (κ1) is 23.5. The molecule has 0 aliphatic rings. The summed E-state index contributed by atoms with van der Waals surface area (Å²) in [6.07, 6.45) is 0. The molecule has 0 fully saturated rings. The molecule has 0 atom stereocenters.